The molecule has 1 heterocycles. The first-order valence-corrected chi connectivity index (χ1v) is 14.0. The first-order chi connectivity index (χ1) is 16.5. The summed E-state index contributed by atoms with van der Waals surface area (Å²) in [7, 11) is -3.81. The highest BCUT2D eigenvalue weighted by molar-refractivity contribution is 9.10. The second-order valence-electron chi connectivity index (χ2n) is 9.24. The molecule has 4 rings (SSSR count). The number of hydrogen-bond acceptors (Lipinski definition) is 5. The molecule has 1 saturated heterocycles. The SMILES string of the molecule is CS(=O)(=O)NC(=O)c1cc(C2CC2)c(OCC2CCN(Cc3cc(F)c(Br)cc3F)CC2)cc1F. The molecule has 0 radical (unpaired) electrons. The molecular weight excluding hydrogens is 549 g/mol. The van der Waals surface area contributed by atoms with Crippen molar-refractivity contribution >= 4 is 31.9 Å². The van der Waals surface area contributed by atoms with Crippen molar-refractivity contribution in [1.82, 2.24) is 9.62 Å². The van der Waals surface area contributed by atoms with E-state index in [2.05, 4.69) is 20.8 Å². The van der Waals surface area contributed by atoms with Gasteiger partial charge in [-0.25, -0.2) is 26.3 Å². The molecule has 0 unspecified atom stereocenters. The van der Waals surface area contributed by atoms with Crippen molar-refractivity contribution in [3.05, 3.63) is 62.9 Å². The quantitative estimate of drug-likeness (QED) is 0.461. The summed E-state index contributed by atoms with van der Waals surface area (Å²) >= 11 is 2.98. The van der Waals surface area contributed by atoms with Crippen molar-refractivity contribution in [2.75, 3.05) is 26.0 Å². The molecule has 1 saturated carbocycles. The first-order valence-electron chi connectivity index (χ1n) is 11.3. The average Bonchev–Trinajstić information content (AvgIpc) is 3.61. The maximum absolute atomic E-state index is 14.6. The van der Waals surface area contributed by atoms with Gasteiger partial charge in [0, 0.05) is 18.2 Å². The van der Waals surface area contributed by atoms with E-state index in [0.717, 1.165) is 44.1 Å². The zero-order chi connectivity index (χ0) is 25.3. The van der Waals surface area contributed by atoms with Gasteiger partial charge < -0.3 is 4.74 Å². The van der Waals surface area contributed by atoms with E-state index in [4.69, 9.17) is 4.74 Å². The Bertz CT molecular complexity index is 1230. The zero-order valence-corrected chi connectivity index (χ0v) is 21.5. The molecule has 2 aromatic rings. The topological polar surface area (TPSA) is 75.7 Å². The number of nitrogens with one attached hydrogen (secondary N) is 1. The largest absolute Gasteiger partial charge is 0.493 e. The summed E-state index contributed by atoms with van der Waals surface area (Å²) in [5.41, 5.74) is 0.690. The lowest BCUT2D eigenvalue weighted by Gasteiger charge is -2.32. The Labute approximate surface area is 211 Å². The van der Waals surface area contributed by atoms with Crippen molar-refractivity contribution in [2.24, 2.45) is 5.92 Å². The first kappa shape index (κ1) is 26.0. The molecule has 35 heavy (non-hydrogen) atoms. The van der Waals surface area contributed by atoms with Crippen LogP contribution in [0, 0.1) is 23.4 Å². The van der Waals surface area contributed by atoms with Crippen LogP contribution in [0.15, 0.2) is 28.7 Å². The highest BCUT2D eigenvalue weighted by Gasteiger charge is 2.30. The Balaban J connectivity index is 1.36. The van der Waals surface area contributed by atoms with Crippen LogP contribution in [0.3, 0.4) is 0 Å². The predicted octanol–water partition coefficient (Wildman–Crippen LogP) is 4.72. The Hall–Kier alpha value is -2.11. The molecule has 0 atom stereocenters. The number of piperidine rings is 1. The molecule has 2 fully saturated rings. The summed E-state index contributed by atoms with van der Waals surface area (Å²) in [5, 5.41) is 0. The molecule has 1 N–H and O–H groups in total. The van der Waals surface area contributed by atoms with Gasteiger partial charge in [-0.2, -0.15) is 0 Å². The molecule has 2 aliphatic rings. The van der Waals surface area contributed by atoms with Gasteiger partial charge in [0.25, 0.3) is 5.91 Å². The van der Waals surface area contributed by atoms with Crippen LogP contribution in [0.1, 0.15) is 53.1 Å². The lowest BCUT2D eigenvalue weighted by atomic mass is 9.97. The third-order valence-electron chi connectivity index (χ3n) is 6.30. The Morgan fingerprint density at radius 1 is 1.06 bits per heavy atom. The van der Waals surface area contributed by atoms with Gasteiger partial charge in [-0.15, -0.1) is 0 Å². The monoisotopic (exact) mass is 574 g/mol. The predicted molar refractivity (Wildman–Crippen MR) is 128 cm³/mol. The smallest absolute Gasteiger partial charge is 0.267 e. The summed E-state index contributed by atoms with van der Waals surface area (Å²) in [6.45, 7) is 2.07. The van der Waals surface area contributed by atoms with Crippen molar-refractivity contribution in [1.29, 1.82) is 0 Å². The third-order valence-corrected chi connectivity index (χ3v) is 7.47. The minimum Gasteiger partial charge on any atom is -0.493 e. The number of hydrogen-bond donors (Lipinski definition) is 1. The van der Waals surface area contributed by atoms with Crippen LogP contribution >= 0.6 is 15.9 Å². The lowest BCUT2D eigenvalue weighted by Crippen LogP contribution is -2.35. The van der Waals surface area contributed by atoms with Gasteiger partial charge >= 0.3 is 0 Å². The van der Waals surface area contributed by atoms with Crippen LogP contribution in [0.25, 0.3) is 0 Å². The molecule has 11 heteroatoms. The van der Waals surface area contributed by atoms with Crippen LogP contribution in [0.2, 0.25) is 0 Å². The van der Waals surface area contributed by atoms with Gasteiger partial charge in [-0.05, 0) is 90.3 Å². The number of ether oxygens (including phenoxy) is 1. The Morgan fingerprint density at radius 2 is 1.74 bits per heavy atom. The maximum Gasteiger partial charge on any atom is 0.267 e. The van der Waals surface area contributed by atoms with E-state index in [9.17, 15) is 26.4 Å². The van der Waals surface area contributed by atoms with Crippen LogP contribution < -0.4 is 9.46 Å². The van der Waals surface area contributed by atoms with Gasteiger partial charge in [0.15, 0.2) is 0 Å². The molecule has 1 aliphatic heterocycles. The summed E-state index contributed by atoms with van der Waals surface area (Å²) in [6, 6.07) is 4.89. The van der Waals surface area contributed by atoms with Gasteiger partial charge in [-0.3, -0.25) is 9.69 Å². The maximum atomic E-state index is 14.6. The highest BCUT2D eigenvalue weighted by Crippen LogP contribution is 2.45. The molecule has 1 aliphatic carbocycles. The number of carbonyl (C=O) groups is 1. The van der Waals surface area contributed by atoms with Gasteiger partial charge in [0.1, 0.15) is 23.2 Å². The second kappa shape index (κ2) is 10.5. The number of halogens is 4. The Morgan fingerprint density at radius 3 is 2.37 bits per heavy atom. The van der Waals surface area contributed by atoms with Crippen LogP contribution in [-0.2, 0) is 16.6 Å². The van der Waals surface area contributed by atoms with Gasteiger partial charge in [-0.1, -0.05) is 0 Å². The van der Waals surface area contributed by atoms with Crippen molar-refractivity contribution < 1.29 is 31.1 Å². The van der Waals surface area contributed by atoms with E-state index < -0.39 is 33.4 Å². The number of benzene rings is 2. The molecule has 6 nitrogen and oxygen atoms in total. The normalized spacial score (nSPS) is 17.4. The standard InChI is InChI=1S/C24H26BrF3N2O4S/c1-35(32,33)29-24(31)18-9-17(15-2-3-15)23(11-21(18)27)34-13-14-4-6-30(7-5-14)12-16-8-22(28)19(25)10-20(16)26/h8-11,14-15H,2-7,12-13H2,1H3,(H,29,31). The Kier molecular flexibility index (Phi) is 7.77. The second-order valence-corrected chi connectivity index (χ2v) is 11.8. The summed E-state index contributed by atoms with van der Waals surface area (Å²) in [5.74, 6) is -2.07. The van der Waals surface area contributed by atoms with E-state index in [-0.39, 0.29) is 21.9 Å². The van der Waals surface area contributed by atoms with E-state index >= 15 is 0 Å². The number of amides is 1. The lowest BCUT2D eigenvalue weighted by molar-refractivity contribution is 0.0977. The summed E-state index contributed by atoms with van der Waals surface area (Å²) < 4.78 is 73.1. The van der Waals surface area contributed by atoms with Crippen molar-refractivity contribution in [2.45, 2.75) is 38.1 Å². The van der Waals surface area contributed by atoms with Crippen LogP contribution in [0.5, 0.6) is 5.75 Å². The molecule has 0 aromatic heterocycles. The van der Waals surface area contributed by atoms with Gasteiger partial charge in [0.2, 0.25) is 10.0 Å². The highest BCUT2D eigenvalue weighted by atomic mass is 79.9. The fraction of sp³-hybridized carbons (Fsp3) is 0.458. The number of likely N-dealkylation sites (tertiary alicyclic amines) is 1. The minimum atomic E-state index is -3.81. The van der Waals surface area contributed by atoms with E-state index in [1.165, 1.54) is 12.1 Å². The number of sulfonamides is 1. The summed E-state index contributed by atoms with van der Waals surface area (Å²) in [4.78, 5) is 14.3. The molecular formula is C24H26BrF3N2O4S. The molecule has 190 valence electrons. The number of carbonyl (C=O) groups excluding carboxylic acids is 1. The van der Waals surface area contributed by atoms with Crippen molar-refractivity contribution in [3.8, 4) is 5.75 Å². The average molecular weight is 575 g/mol. The molecule has 1 amide bonds. The third kappa shape index (κ3) is 6.77. The minimum absolute atomic E-state index is 0.0978. The summed E-state index contributed by atoms with van der Waals surface area (Å²) in [6.07, 6.45) is 4.19. The van der Waals surface area contributed by atoms with Crippen LogP contribution in [0.4, 0.5) is 13.2 Å². The number of rotatable bonds is 8. The van der Waals surface area contributed by atoms with E-state index in [1.807, 2.05) is 0 Å². The number of nitrogens with zero attached hydrogens (tertiary/aromatic N) is 1. The van der Waals surface area contributed by atoms with Crippen LogP contribution in [-0.4, -0.2) is 45.2 Å². The van der Waals surface area contributed by atoms with E-state index in [1.54, 1.807) is 4.72 Å². The molecule has 0 bridgehead atoms. The van der Waals surface area contributed by atoms with E-state index in [0.29, 0.717) is 43.1 Å². The molecule has 0 spiro atoms. The fourth-order valence-corrected chi connectivity index (χ4v) is 5.01. The fourth-order valence-electron chi connectivity index (χ4n) is 4.25. The zero-order valence-electron chi connectivity index (χ0n) is 19.1. The molecule has 2 aromatic carbocycles. The van der Waals surface area contributed by atoms with Crippen molar-refractivity contribution in [3.63, 3.8) is 0 Å². The van der Waals surface area contributed by atoms with Gasteiger partial charge in [0.05, 0.1) is 22.9 Å².